The molecule has 2 rings (SSSR count). The first-order valence-corrected chi connectivity index (χ1v) is 5.48. The number of methoxy groups -OCH3 is 2. The van der Waals surface area contributed by atoms with Gasteiger partial charge in [-0.05, 0) is 25.1 Å². The van der Waals surface area contributed by atoms with Crippen molar-refractivity contribution in [2.24, 2.45) is 0 Å². The third kappa shape index (κ3) is 1.97. The fraction of sp³-hybridized carbons (Fsp3) is 0.214. The third-order valence-electron chi connectivity index (χ3n) is 2.76. The second-order valence-electron chi connectivity index (χ2n) is 3.76. The molecule has 18 heavy (non-hydrogen) atoms. The zero-order valence-corrected chi connectivity index (χ0v) is 10.5. The third-order valence-corrected chi connectivity index (χ3v) is 2.76. The number of hydrogen-bond donors (Lipinski definition) is 0. The minimum Gasteiger partial charge on any atom is -0.496 e. The molecule has 1 heterocycles. The van der Waals surface area contributed by atoms with Crippen molar-refractivity contribution in [3.63, 3.8) is 0 Å². The molecule has 0 saturated heterocycles. The summed E-state index contributed by atoms with van der Waals surface area (Å²) in [4.78, 5) is 12.5. The van der Waals surface area contributed by atoms with Gasteiger partial charge in [0.25, 0.3) is 0 Å². The number of ether oxygens (including phenoxy) is 2. The van der Waals surface area contributed by atoms with Crippen molar-refractivity contribution in [2.45, 2.75) is 6.92 Å². The van der Waals surface area contributed by atoms with E-state index in [2.05, 4.69) is 0 Å². The number of hydrogen-bond acceptors (Lipinski definition) is 4. The Kier molecular flexibility index (Phi) is 3.37. The van der Waals surface area contributed by atoms with Gasteiger partial charge < -0.3 is 13.9 Å². The summed E-state index contributed by atoms with van der Waals surface area (Å²) in [6.07, 6.45) is 1.49. The maximum Gasteiger partial charge on any atom is 0.204 e. The largest absolute Gasteiger partial charge is 0.496 e. The number of carbonyl (C=O) groups excluding carboxylic acids is 1. The van der Waals surface area contributed by atoms with Crippen molar-refractivity contribution >= 4 is 5.78 Å². The summed E-state index contributed by atoms with van der Waals surface area (Å²) in [5.74, 6) is 1.38. The summed E-state index contributed by atoms with van der Waals surface area (Å²) >= 11 is 0. The van der Waals surface area contributed by atoms with E-state index >= 15 is 0 Å². The molecule has 4 heteroatoms. The van der Waals surface area contributed by atoms with Crippen LogP contribution >= 0.6 is 0 Å². The van der Waals surface area contributed by atoms with Crippen LogP contribution in [0.2, 0.25) is 0 Å². The van der Waals surface area contributed by atoms with Crippen LogP contribution in [0.4, 0.5) is 0 Å². The van der Waals surface area contributed by atoms with Crippen molar-refractivity contribution in [3.8, 4) is 11.5 Å². The van der Waals surface area contributed by atoms with Gasteiger partial charge in [0, 0.05) is 0 Å². The van der Waals surface area contributed by atoms with E-state index in [9.17, 15) is 4.79 Å². The average Bonchev–Trinajstić information content (AvgIpc) is 2.83. The lowest BCUT2D eigenvalue weighted by atomic mass is 10.0. The maximum absolute atomic E-state index is 12.5. The standard InChI is InChI=1S/C14H14O4/c1-9-10(7-8-18-9)14(15)13-11(16-2)5-4-6-12(13)17-3/h4-8H,1-3H3. The molecule has 4 nitrogen and oxygen atoms in total. The van der Waals surface area contributed by atoms with Gasteiger partial charge in [0.1, 0.15) is 22.8 Å². The Morgan fingerprint density at radius 3 is 2.17 bits per heavy atom. The summed E-state index contributed by atoms with van der Waals surface area (Å²) in [6.45, 7) is 1.75. The van der Waals surface area contributed by atoms with Gasteiger partial charge in [0.05, 0.1) is 26.0 Å². The van der Waals surface area contributed by atoms with E-state index in [-0.39, 0.29) is 5.78 Å². The second-order valence-corrected chi connectivity index (χ2v) is 3.76. The van der Waals surface area contributed by atoms with Gasteiger partial charge in [-0.3, -0.25) is 4.79 Å². The van der Waals surface area contributed by atoms with E-state index in [1.54, 1.807) is 31.2 Å². The molecule has 0 fully saturated rings. The summed E-state index contributed by atoms with van der Waals surface area (Å²) in [6, 6.07) is 6.87. The van der Waals surface area contributed by atoms with E-state index in [4.69, 9.17) is 13.9 Å². The zero-order valence-electron chi connectivity index (χ0n) is 10.5. The second kappa shape index (κ2) is 4.96. The summed E-state index contributed by atoms with van der Waals surface area (Å²) < 4.78 is 15.6. The Hall–Kier alpha value is -2.23. The number of furan rings is 1. The van der Waals surface area contributed by atoms with Crippen LogP contribution in [0.3, 0.4) is 0 Å². The van der Waals surface area contributed by atoms with Crippen LogP contribution in [-0.4, -0.2) is 20.0 Å². The number of benzene rings is 1. The van der Waals surface area contributed by atoms with Crippen LogP contribution in [0, 0.1) is 6.92 Å². The molecule has 0 amide bonds. The van der Waals surface area contributed by atoms with Crippen LogP contribution in [-0.2, 0) is 0 Å². The normalized spacial score (nSPS) is 10.2. The van der Waals surface area contributed by atoms with Gasteiger partial charge in [-0.2, -0.15) is 0 Å². The lowest BCUT2D eigenvalue weighted by Crippen LogP contribution is -2.06. The molecule has 0 spiro atoms. The molecule has 0 N–H and O–H groups in total. The van der Waals surface area contributed by atoms with Gasteiger partial charge in [0.15, 0.2) is 0 Å². The van der Waals surface area contributed by atoms with Gasteiger partial charge in [-0.15, -0.1) is 0 Å². The Labute approximate surface area is 105 Å². The number of carbonyl (C=O) groups is 1. The highest BCUT2D eigenvalue weighted by Gasteiger charge is 2.22. The molecule has 1 aromatic carbocycles. The highest BCUT2D eigenvalue weighted by Crippen LogP contribution is 2.31. The van der Waals surface area contributed by atoms with E-state index < -0.39 is 0 Å². The predicted molar refractivity (Wildman–Crippen MR) is 66.4 cm³/mol. The quantitative estimate of drug-likeness (QED) is 0.778. The summed E-state index contributed by atoms with van der Waals surface area (Å²) in [5.41, 5.74) is 0.921. The van der Waals surface area contributed by atoms with Crippen LogP contribution in [0.25, 0.3) is 0 Å². The molecule has 0 aliphatic carbocycles. The van der Waals surface area contributed by atoms with Crippen molar-refractivity contribution in [2.75, 3.05) is 14.2 Å². The molecule has 94 valence electrons. The molecule has 0 aliphatic heterocycles. The number of aryl methyl sites for hydroxylation is 1. The Morgan fingerprint density at radius 1 is 1.11 bits per heavy atom. The molecule has 2 aromatic rings. The zero-order chi connectivity index (χ0) is 13.1. The van der Waals surface area contributed by atoms with Crippen molar-refractivity contribution < 1.29 is 18.7 Å². The molecule has 0 bridgehead atoms. The molecular formula is C14H14O4. The fourth-order valence-electron chi connectivity index (χ4n) is 1.83. The van der Waals surface area contributed by atoms with Crippen molar-refractivity contribution in [1.29, 1.82) is 0 Å². The Bertz CT molecular complexity index is 547. The van der Waals surface area contributed by atoms with Crippen LogP contribution in [0.15, 0.2) is 34.9 Å². The maximum atomic E-state index is 12.5. The molecule has 0 saturated carbocycles. The Morgan fingerprint density at radius 2 is 1.72 bits per heavy atom. The highest BCUT2D eigenvalue weighted by molar-refractivity contribution is 6.13. The van der Waals surface area contributed by atoms with Gasteiger partial charge in [-0.1, -0.05) is 6.07 Å². The van der Waals surface area contributed by atoms with E-state index in [1.807, 2.05) is 0 Å². The summed E-state index contributed by atoms with van der Waals surface area (Å²) in [5, 5.41) is 0. The first kappa shape index (κ1) is 12.2. The number of rotatable bonds is 4. The predicted octanol–water partition coefficient (Wildman–Crippen LogP) is 2.84. The molecule has 0 radical (unpaired) electrons. The number of ketones is 1. The SMILES string of the molecule is COc1cccc(OC)c1C(=O)c1ccoc1C. The van der Waals surface area contributed by atoms with E-state index in [1.165, 1.54) is 20.5 Å². The topological polar surface area (TPSA) is 48.7 Å². The van der Waals surface area contributed by atoms with Crippen molar-refractivity contribution in [3.05, 3.63) is 47.4 Å². The minimum atomic E-state index is -0.171. The van der Waals surface area contributed by atoms with E-state index in [0.717, 1.165) is 0 Å². The molecule has 1 aromatic heterocycles. The smallest absolute Gasteiger partial charge is 0.204 e. The lowest BCUT2D eigenvalue weighted by molar-refractivity contribution is 0.103. The minimum absolute atomic E-state index is 0.171. The van der Waals surface area contributed by atoms with Crippen molar-refractivity contribution in [1.82, 2.24) is 0 Å². The monoisotopic (exact) mass is 246 g/mol. The summed E-state index contributed by atoms with van der Waals surface area (Å²) in [7, 11) is 3.04. The Balaban J connectivity index is 2.56. The van der Waals surface area contributed by atoms with E-state index in [0.29, 0.717) is 28.4 Å². The molecule has 0 aliphatic rings. The van der Waals surface area contributed by atoms with Crippen LogP contribution < -0.4 is 9.47 Å². The molecule has 0 unspecified atom stereocenters. The van der Waals surface area contributed by atoms with Gasteiger partial charge in [-0.25, -0.2) is 0 Å². The molecular weight excluding hydrogens is 232 g/mol. The lowest BCUT2D eigenvalue weighted by Gasteiger charge is -2.11. The first-order valence-electron chi connectivity index (χ1n) is 5.48. The van der Waals surface area contributed by atoms with Crippen LogP contribution in [0.5, 0.6) is 11.5 Å². The fourth-order valence-corrected chi connectivity index (χ4v) is 1.83. The first-order chi connectivity index (χ1) is 8.69. The van der Waals surface area contributed by atoms with Gasteiger partial charge >= 0.3 is 0 Å². The average molecular weight is 246 g/mol. The highest BCUT2D eigenvalue weighted by atomic mass is 16.5. The van der Waals surface area contributed by atoms with Gasteiger partial charge in [0.2, 0.25) is 5.78 Å². The van der Waals surface area contributed by atoms with Crippen LogP contribution in [0.1, 0.15) is 21.7 Å². The molecule has 0 atom stereocenters.